The molecular formula is C30H33Cl2N5O5. The van der Waals surface area contributed by atoms with Crippen molar-refractivity contribution in [2.24, 2.45) is 5.92 Å². The highest BCUT2D eigenvalue weighted by Gasteiger charge is 2.65. The minimum atomic E-state index is -1.38. The van der Waals surface area contributed by atoms with Gasteiger partial charge in [-0.1, -0.05) is 35.3 Å². The van der Waals surface area contributed by atoms with Crippen LogP contribution in [-0.4, -0.2) is 95.9 Å². The van der Waals surface area contributed by atoms with Crippen molar-refractivity contribution in [3.05, 3.63) is 63.6 Å². The molecule has 0 aromatic heterocycles. The fourth-order valence-electron chi connectivity index (χ4n) is 6.46. The maximum atomic E-state index is 14.4. The van der Waals surface area contributed by atoms with Gasteiger partial charge in [-0.05, 0) is 62.2 Å². The third-order valence-corrected chi connectivity index (χ3v) is 9.04. The Balaban J connectivity index is 1.45. The molecule has 3 heterocycles. The number of urea groups is 1. The van der Waals surface area contributed by atoms with Gasteiger partial charge in [0.1, 0.15) is 5.54 Å². The van der Waals surface area contributed by atoms with Crippen LogP contribution in [0.25, 0.3) is 0 Å². The van der Waals surface area contributed by atoms with Crippen molar-refractivity contribution < 1.29 is 24.2 Å². The number of hydrogen-bond donors (Lipinski definition) is 1. The lowest BCUT2D eigenvalue weighted by molar-refractivity contribution is -0.147. The van der Waals surface area contributed by atoms with Gasteiger partial charge in [0.2, 0.25) is 5.91 Å². The van der Waals surface area contributed by atoms with Gasteiger partial charge in [-0.15, -0.1) is 0 Å². The zero-order chi connectivity index (χ0) is 30.2. The summed E-state index contributed by atoms with van der Waals surface area (Å²) < 4.78 is 5.39. The third-order valence-electron chi connectivity index (χ3n) is 8.60. The number of carbonyl (C=O) groups excluding carboxylic acids is 3. The molecule has 42 heavy (non-hydrogen) atoms. The topological polar surface area (TPSA) is 117 Å². The Morgan fingerprint density at radius 3 is 2.50 bits per heavy atom. The molecule has 4 atom stereocenters. The number of rotatable bonds is 7. The lowest BCUT2D eigenvalue weighted by Crippen LogP contribution is -2.54. The van der Waals surface area contributed by atoms with Gasteiger partial charge in [-0.25, -0.2) is 9.69 Å². The molecule has 0 radical (unpaired) electrons. The summed E-state index contributed by atoms with van der Waals surface area (Å²) in [6, 6.07) is 13.0. The van der Waals surface area contributed by atoms with Crippen LogP contribution in [0, 0.1) is 17.2 Å². The number of aliphatic hydroxyl groups is 1. The number of nitriles is 1. The van der Waals surface area contributed by atoms with Gasteiger partial charge in [-0.2, -0.15) is 5.26 Å². The molecule has 5 rings (SSSR count). The van der Waals surface area contributed by atoms with Crippen LogP contribution in [-0.2, 0) is 14.3 Å². The maximum absolute atomic E-state index is 14.4. The number of imide groups is 1. The molecule has 12 heteroatoms. The Hall–Kier alpha value is -3.20. The molecule has 3 aliphatic heterocycles. The van der Waals surface area contributed by atoms with Gasteiger partial charge in [0.25, 0.3) is 5.91 Å². The highest BCUT2D eigenvalue weighted by Crippen LogP contribution is 2.46. The second-order valence-corrected chi connectivity index (χ2v) is 12.0. The molecule has 4 amide bonds. The SMILES string of the molecule is CCO[C@@H](O)C1CCCN(CC(=O)N2C[C@@H](c3ccc(C#N)cc3)[C@]3(C2)C(=O)N(c2cc(Cl)cc(Cl)c2)C(=O)N3C)C1. The van der Waals surface area contributed by atoms with Crippen LogP contribution in [0.3, 0.4) is 0 Å². The molecule has 1 N–H and O–H groups in total. The number of likely N-dealkylation sites (tertiary alicyclic amines) is 2. The quantitative estimate of drug-likeness (QED) is 0.374. The molecular weight excluding hydrogens is 581 g/mol. The Labute approximate surface area is 254 Å². The molecule has 1 unspecified atom stereocenters. The first-order valence-corrected chi connectivity index (χ1v) is 14.7. The molecule has 2 aromatic carbocycles. The summed E-state index contributed by atoms with van der Waals surface area (Å²) in [6.45, 7) is 3.78. The smallest absolute Gasteiger partial charge is 0.332 e. The maximum Gasteiger partial charge on any atom is 0.332 e. The van der Waals surface area contributed by atoms with Crippen molar-refractivity contribution in [2.75, 3.05) is 51.3 Å². The lowest BCUT2D eigenvalue weighted by Gasteiger charge is -2.35. The number of ether oxygens (including phenoxy) is 1. The van der Waals surface area contributed by atoms with Crippen molar-refractivity contribution in [1.82, 2.24) is 14.7 Å². The number of likely N-dealkylation sites (N-methyl/N-ethyl adjacent to an activating group) is 1. The Morgan fingerprint density at radius 2 is 1.86 bits per heavy atom. The van der Waals surface area contributed by atoms with Crippen LogP contribution >= 0.6 is 23.2 Å². The van der Waals surface area contributed by atoms with Gasteiger partial charge in [0.15, 0.2) is 6.29 Å². The minimum Gasteiger partial charge on any atom is -0.368 e. The molecule has 0 saturated carbocycles. The van der Waals surface area contributed by atoms with E-state index in [2.05, 4.69) is 6.07 Å². The van der Waals surface area contributed by atoms with Crippen LogP contribution in [0.1, 0.15) is 36.8 Å². The second-order valence-electron chi connectivity index (χ2n) is 11.1. The van der Waals surface area contributed by atoms with E-state index in [1.807, 2.05) is 11.8 Å². The number of carbonyl (C=O) groups is 3. The number of nitrogens with zero attached hydrogens (tertiary/aromatic N) is 5. The van der Waals surface area contributed by atoms with Crippen LogP contribution in [0.15, 0.2) is 42.5 Å². The molecule has 3 aliphatic rings. The summed E-state index contributed by atoms with van der Waals surface area (Å²) in [5.41, 5.74) is 0.0682. The molecule has 0 aliphatic carbocycles. The van der Waals surface area contributed by atoms with Crippen molar-refractivity contribution in [3.63, 3.8) is 0 Å². The Kier molecular flexibility index (Phi) is 8.78. The average Bonchev–Trinajstić information content (AvgIpc) is 3.46. The zero-order valence-electron chi connectivity index (χ0n) is 23.5. The number of piperidine rings is 1. The molecule has 3 fully saturated rings. The van der Waals surface area contributed by atoms with E-state index in [1.165, 1.54) is 23.1 Å². The lowest BCUT2D eigenvalue weighted by atomic mass is 9.80. The van der Waals surface area contributed by atoms with Crippen molar-refractivity contribution >= 4 is 46.7 Å². The fourth-order valence-corrected chi connectivity index (χ4v) is 6.98. The summed E-state index contributed by atoms with van der Waals surface area (Å²) >= 11 is 12.4. The van der Waals surface area contributed by atoms with Crippen LogP contribution < -0.4 is 4.90 Å². The number of anilines is 1. The molecule has 2 aromatic rings. The normalized spacial score (nSPS) is 25.4. The van der Waals surface area contributed by atoms with Crippen LogP contribution in [0.5, 0.6) is 0 Å². The summed E-state index contributed by atoms with van der Waals surface area (Å²) in [4.78, 5) is 47.9. The summed E-state index contributed by atoms with van der Waals surface area (Å²) in [7, 11) is 1.57. The van der Waals surface area contributed by atoms with Crippen LogP contribution in [0.4, 0.5) is 10.5 Å². The van der Waals surface area contributed by atoms with E-state index in [-0.39, 0.29) is 47.2 Å². The van der Waals surface area contributed by atoms with E-state index in [9.17, 15) is 24.8 Å². The number of hydrogen-bond acceptors (Lipinski definition) is 7. The first kappa shape index (κ1) is 30.3. The Morgan fingerprint density at radius 1 is 1.17 bits per heavy atom. The van der Waals surface area contributed by atoms with Gasteiger partial charge >= 0.3 is 6.03 Å². The van der Waals surface area contributed by atoms with E-state index in [0.29, 0.717) is 25.3 Å². The number of benzene rings is 2. The van der Waals surface area contributed by atoms with Gasteiger partial charge in [0, 0.05) is 48.6 Å². The number of amides is 4. The molecule has 222 valence electrons. The van der Waals surface area contributed by atoms with E-state index in [1.54, 1.807) is 36.2 Å². The first-order valence-electron chi connectivity index (χ1n) is 14.0. The molecule has 10 nitrogen and oxygen atoms in total. The second kappa shape index (κ2) is 12.2. The predicted molar refractivity (Wildman–Crippen MR) is 157 cm³/mol. The van der Waals surface area contributed by atoms with Crippen LogP contribution in [0.2, 0.25) is 10.0 Å². The fraction of sp³-hybridized carbons (Fsp3) is 0.467. The zero-order valence-corrected chi connectivity index (χ0v) is 25.0. The largest absolute Gasteiger partial charge is 0.368 e. The minimum absolute atomic E-state index is 0.00120. The number of aliphatic hydroxyl groups excluding tert-OH is 1. The summed E-state index contributed by atoms with van der Waals surface area (Å²) in [6.07, 6.45) is 0.752. The van der Waals surface area contributed by atoms with Gasteiger partial charge < -0.3 is 19.6 Å². The first-order chi connectivity index (χ1) is 20.1. The molecule has 0 bridgehead atoms. The van der Waals surface area contributed by atoms with E-state index in [0.717, 1.165) is 23.3 Å². The van der Waals surface area contributed by atoms with Crippen molar-refractivity contribution in [1.29, 1.82) is 5.26 Å². The monoisotopic (exact) mass is 613 g/mol. The van der Waals surface area contributed by atoms with Crippen molar-refractivity contribution in [2.45, 2.75) is 37.5 Å². The van der Waals surface area contributed by atoms with Gasteiger partial charge in [-0.3, -0.25) is 14.5 Å². The molecule has 3 saturated heterocycles. The summed E-state index contributed by atoms with van der Waals surface area (Å²) in [5, 5.41) is 20.2. The van der Waals surface area contributed by atoms with E-state index in [4.69, 9.17) is 27.9 Å². The highest BCUT2D eigenvalue weighted by atomic mass is 35.5. The van der Waals surface area contributed by atoms with E-state index < -0.39 is 29.7 Å². The predicted octanol–water partition coefficient (Wildman–Crippen LogP) is 3.70. The van der Waals surface area contributed by atoms with Crippen molar-refractivity contribution in [3.8, 4) is 6.07 Å². The molecule has 1 spiro atoms. The average molecular weight is 615 g/mol. The highest BCUT2D eigenvalue weighted by molar-refractivity contribution is 6.35. The summed E-state index contributed by atoms with van der Waals surface area (Å²) in [5.74, 6) is -1.30. The Bertz CT molecular complexity index is 1400. The standard InChI is InChI=1S/C30H33Cl2N5O5/c1-3-42-27(39)21-5-4-10-35(15-21)17-26(38)36-16-25(20-8-6-19(14-33)7-9-20)30(18-36)28(40)37(29(41)34(30)2)24-12-22(31)11-23(32)13-24/h6-9,11-13,21,25,27,39H,3-5,10,15-18H2,1-2H3/t21?,25-,27+,30+/m0/s1. The number of halogens is 2. The van der Waals surface area contributed by atoms with E-state index >= 15 is 0 Å². The third kappa shape index (κ3) is 5.48. The van der Waals surface area contributed by atoms with Gasteiger partial charge in [0.05, 0.1) is 30.4 Å².